The van der Waals surface area contributed by atoms with Crippen LogP contribution < -0.4 is 15.4 Å². The van der Waals surface area contributed by atoms with Crippen molar-refractivity contribution in [1.82, 2.24) is 4.98 Å². The normalized spacial score (nSPS) is 10.2. The lowest BCUT2D eigenvalue weighted by Crippen LogP contribution is -2.33. The van der Waals surface area contributed by atoms with Gasteiger partial charge in [-0.05, 0) is 37.2 Å². The van der Waals surface area contributed by atoms with E-state index in [4.69, 9.17) is 10.5 Å². The van der Waals surface area contributed by atoms with Crippen LogP contribution in [0.15, 0.2) is 48.7 Å². The highest BCUT2D eigenvalue weighted by molar-refractivity contribution is 6.05. The van der Waals surface area contributed by atoms with E-state index in [0.29, 0.717) is 31.0 Å². The van der Waals surface area contributed by atoms with Crippen molar-refractivity contribution in [3.05, 3.63) is 54.4 Å². The molecule has 2 rings (SSSR count). The number of aromatic nitrogens is 1. The molecule has 0 saturated carbocycles. The molecule has 0 fully saturated rings. The maximum absolute atomic E-state index is 12.7. The molecule has 2 aromatic rings. The number of carbonyl (C=O) groups is 1. The van der Waals surface area contributed by atoms with Gasteiger partial charge in [0.1, 0.15) is 11.4 Å². The Hall–Kier alpha value is -2.40. The summed E-state index contributed by atoms with van der Waals surface area (Å²) in [4.78, 5) is 18.5. The summed E-state index contributed by atoms with van der Waals surface area (Å²) in [6.45, 7) is 1.04. The molecule has 0 unspecified atom stereocenters. The number of ether oxygens (including phenoxy) is 1. The Morgan fingerprint density at radius 3 is 2.67 bits per heavy atom. The van der Waals surface area contributed by atoms with E-state index in [0.717, 1.165) is 5.69 Å². The number of para-hydroxylation sites is 2. The average Bonchev–Trinajstić information content (AvgIpc) is 2.56. The molecule has 1 amide bonds. The summed E-state index contributed by atoms with van der Waals surface area (Å²) in [6.07, 6.45) is 2.31. The number of hydrogen-bond donors (Lipinski definition) is 1. The van der Waals surface area contributed by atoms with Gasteiger partial charge in [-0.25, -0.2) is 0 Å². The van der Waals surface area contributed by atoms with Gasteiger partial charge in [-0.2, -0.15) is 0 Å². The van der Waals surface area contributed by atoms with Gasteiger partial charge < -0.3 is 15.4 Å². The van der Waals surface area contributed by atoms with E-state index >= 15 is 0 Å². The Labute approximate surface area is 124 Å². The summed E-state index contributed by atoms with van der Waals surface area (Å²) < 4.78 is 5.35. The standard InChI is InChI=1S/C16H19N3O2/c1-21-15-9-3-2-8-14(15)19(12-6-10-17)16(20)13-7-4-5-11-18-13/h2-5,7-9,11H,6,10,12,17H2,1H3. The molecule has 0 radical (unpaired) electrons. The van der Waals surface area contributed by atoms with Crippen LogP contribution in [0.5, 0.6) is 5.75 Å². The number of nitrogens with two attached hydrogens (primary N) is 1. The minimum Gasteiger partial charge on any atom is -0.495 e. The summed E-state index contributed by atoms with van der Waals surface area (Å²) in [7, 11) is 1.59. The van der Waals surface area contributed by atoms with E-state index in [2.05, 4.69) is 4.98 Å². The molecule has 0 bridgehead atoms. The third kappa shape index (κ3) is 3.58. The maximum atomic E-state index is 12.7. The number of amides is 1. The summed E-state index contributed by atoms with van der Waals surface area (Å²) in [6, 6.07) is 12.7. The number of methoxy groups -OCH3 is 1. The summed E-state index contributed by atoms with van der Waals surface area (Å²) in [5.41, 5.74) is 6.71. The number of nitrogens with zero attached hydrogens (tertiary/aromatic N) is 2. The highest BCUT2D eigenvalue weighted by atomic mass is 16.5. The van der Waals surface area contributed by atoms with E-state index in [-0.39, 0.29) is 5.91 Å². The fraction of sp³-hybridized carbons (Fsp3) is 0.250. The number of rotatable bonds is 6. The Morgan fingerprint density at radius 1 is 1.24 bits per heavy atom. The summed E-state index contributed by atoms with van der Waals surface area (Å²) in [5, 5.41) is 0. The van der Waals surface area contributed by atoms with Gasteiger partial charge in [0.2, 0.25) is 0 Å². The Balaban J connectivity index is 2.36. The number of benzene rings is 1. The van der Waals surface area contributed by atoms with Gasteiger partial charge in [-0.1, -0.05) is 18.2 Å². The number of hydrogen-bond acceptors (Lipinski definition) is 4. The highest BCUT2D eigenvalue weighted by Gasteiger charge is 2.20. The molecule has 5 nitrogen and oxygen atoms in total. The summed E-state index contributed by atoms with van der Waals surface area (Å²) >= 11 is 0. The molecule has 5 heteroatoms. The van der Waals surface area contributed by atoms with Crippen LogP contribution in [0.1, 0.15) is 16.9 Å². The van der Waals surface area contributed by atoms with Crippen LogP contribution in [-0.2, 0) is 0 Å². The van der Waals surface area contributed by atoms with Crippen LogP contribution in [0.25, 0.3) is 0 Å². The smallest absolute Gasteiger partial charge is 0.276 e. The van der Waals surface area contributed by atoms with E-state index in [1.54, 1.807) is 36.4 Å². The van der Waals surface area contributed by atoms with E-state index in [1.807, 2.05) is 24.3 Å². The second-order valence-electron chi connectivity index (χ2n) is 4.49. The van der Waals surface area contributed by atoms with E-state index in [1.165, 1.54) is 0 Å². The maximum Gasteiger partial charge on any atom is 0.276 e. The molecule has 0 saturated heterocycles. The monoisotopic (exact) mass is 285 g/mol. The number of carbonyl (C=O) groups excluding carboxylic acids is 1. The molecular formula is C16H19N3O2. The molecule has 0 atom stereocenters. The van der Waals surface area contributed by atoms with Crippen LogP contribution in [0.2, 0.25) is 0 Å². The molecule has 1 aromatic heterocycles. The first-order valence-electron chi connectivity index (χ1n) is 6.84. The quantitative estimate of drug-likeness (QED) is 0.882. The van der Waals surface area contributed by atoms with Gasteiger partial charge in [0.15, 0.2) is 0 Å². The number of anilines is 1. The molecule has 21 heavy (non-hydrogen) atoms. The Bertz CT molecular complexity index is 587. The second-order valence-corrected chi connectivity index (χ2v) is 4.49. The van der Waals surface area contributed by atoms with Gasteiger partial charge >= 0.3 is 0 Å². The zero-order valence-electron chi connectivity index (χ0n) is 12.0. The van der Waals surface area contributed by atoms with Crippen molar-refractivity contribution in [1.29, 1.82) is 0 Å². The SMILES string of the molecule is COc1ccccc1N(CCCN)C(=O)c1ccccn1. The zero-order valence-corrected chi connectivity index (χ0v) is 12.0. The van der Waals surface area contributed by atoms with Gasteiger partial charge in [0, 0.05) is 12.7 Å². The molecule has 0 aliphatic rings. The fourth-order valence-electron chi connectivity index (χ4n) is 2.06. The van der Waals surface area contributed by atoms with Gasteiger partial charge in [0.05, 0.1) is 12.8 Å². The number of pyridine rings is 1. The van der Waals surface area contributed by atoms with Crippen molar-refractivity contribution in [3.63, 3.8) is 0 Å². The Kier molecular flexibility index (Phi) is 5.29. The lowest BCUT2D eigenvalue weighted by Gasteiger charge is -2.24. The third-order valence-electron chi connectivity index (χ3n) is 3.09. The van der Waals surface area contributed by atoms with Crippen molar-refractivity contribution in [2.24, 2.45) is 5.73 Å². The zero-order chi connectivity index (χ0) is 15.1. The van der Waals surface area contributed by atoms with Gasteiger partial charge in [0.25, 0.3) is 5.91 Å². The lowest BCUT2D eigenvalue weighted by molar-refractivity contribution is 0.0981. The average molecular weight is 285 g/mol. The van der Waals surface area contributed by atoms with E-state index < -0.39 is 0 Å². The largest absolute Gasteiger partial charge is 0.495 e. The van der Waals surface area contributed by atoms with Crippen molar-refractivity contribution in [2.75, 3.05) is 25.1 Å². The molecule has 2 N–H and O–H groups in total. The molecule has 0 aliphatic heterocycles. The van der Waals surface area contributed by atoms with Crippen LogP contribution >= 0.6 is 0 Å². The predicted octanol–water partition coefficient (Wildman–Crippen LogP) is 2.09. The molecule has 0 aliphatic carbocycles. The fourth-order valence-corrected chi connectivity index (χ4v) is 2.06. The molecular weight excluding hydrogens is 266 g/mol. The van der Waals surface area contributed by atoms with Crippen molar-refractivity contribution >= 4 is 11.6 Å². The molecule has 1 aromatic carbocycles. The summed E-state index contributed by atoms with van der Waals surface area (Å²) in [5.74, 6) is 0.493. The first-order valence-corrected chi connectivity index (χ1v) is 6.84. The van der Waals surface area contributed by atoms with Crippen molar-refractivity contribution in [3.8, 4) is 5.75 Å². The Morgan fingerprint density at radius 2 is 2.00 bits per heavy atom. The lowest BCUT2D eigenvalue weighted by atomic mass is 10.2. The van der Waals surface area contributed by atoms with Crippen LogP contribution in [0, 0.1) is 0 Å². The molecule has 0 spiro atoms. The minimum atomic E-state index is -0.159. The first-order chi connectivity index (χ1) is 10.3. The predicted molar refractivity (Wildman–Crippen MR) is 82.6 cm³/mol. The topological polar surface area (TPSA) is 68.5 Å². The van der Waals surface area contributed by atoms with Crippen molar-refractivity contribution < 1.29 is 9.53 Å². The minimum absolute atomic E-state index is 0.159. The second kappa shape index (κ2) is 7.40. The van der Waals surface area contributed by atoms with Gasteiger partial charge in [-0.15, -0.1) is 0 Å². The van der Waals surface area contributed by atoms with Gasteiger partial charge in [-0.3, -0.25) is 9.78 Å². The van der Waals surface area contributed by atoms with Crippen LogP contribution in [0.4, 0.5) is 5.69 Å². The van der Waals surface area contributed by atoms with Crippen LogP contribution in [-0.4, -0.2) is 31.1 Å². The third-order valence-corrected chi connectivity index (χ3v) is 3.09. The van der Waals surface area contributed by atoms with Crippen LogP contribution in [0.3, 0.4) is 0 Å². The first kappa shape index (κ1) is 15.0. The van der Waals surface area contributed by atoms with Crippen molar-refractivity contribution in [2.45, 2.75) is 6.42 Å². The highest BCUT2D eigenvalue weighted by Crippen LogP contribution is 2.28. The van der Waals surface area contributed by atoms with E-state index in [9.17, 15) is 4.79 Å². The molecule has 110 valence electrons. The molecule has 1 heterocycles.